The molecule has 0 saturated heterocycles. The van der Waals surface area contributed by atoms with Crippen molar-refractivity contribution in [3.05, 3.63) is 89.6 Å². The van der Waals surface area contributed by atoms with Crippen LogP contribution in [0.5, 0.6) is 5.75 Å². The Bertz CT molecular complexity index is 1360. The fourth-order valence-electron chi connectivity index (χ4n) is 3.34. The van der Waals surface area contributed by atoms with Gasteiger partial charge < -0.3 is 9.84 Å². The summed E-state index contributed by atoms with van der Waals surface area (Å²) in [6.07, 6.45) is -0.979. The molecule has 3 rings (SSSR count). The van der Waals surface area contributed by atoms with Gasteiger partial charge in [-0.15, -0.1) is 0 Å². The second-order valence-electron chi connectivity index (χ2n) is 8.48. The molecule has 11 heteroatoms. The number of halogens is 3. The van der Waals surface area contributed by atoms with Gasteiger partial charge >= 0.3 is 12.1 Å². The van der Waals surface area contributed by atoms with Crippen LogP contribution in [0.1, 0.15) is 30.5 Å². The van der Waals surface area contributed by atoms with Gasteiger partial charge in [0.1, 0.15) is 12.4 Å². The Morgan fingerprint density at radius 3 is 2.38 bits per heavy atom. The molecule has 1 aromatic heterocycles. The zero-order chi connectivity index (χ0) is 27.2. The van der Waals surface area contributed by atoms with E-state index in [1.165, 1.54) is 24.4 Å². The zero-order valence-electron chi connectivity index (χ0n) is 20.0. The monoisotopic (exact) mass is 534 g/mol. The van der Waals surface area contributed by atoms with E-state index in [-0.39, 0.29) is 35.5 Å². The maximum absolute atomic E-state index is 13.5. The number of aliphatic carboxylic acids is 1. The molecule has 1 heterocycles. The van der Waals surface area contributed by atoms with Crippen molar-refractivity contribution in [2.75, 3.05) is 10.8 Å². The quantitative estimate of drug-likeness (QED) is 0.339. The summed E-state index contributed by atoms with van der Waals surface area (Å²) in [5.41, 5.74) is 0.155. The van der Waals surface area contributed by atoms with E-state index in [2.05, 4.69) is 4.98 Å². The van der Waals surface area contributed by atoms with Crippen molar-refractivity contribution in [1.29, 1.82) is 0 Å². The van der Waals surface area contributed by atoms with E-state index in [0.717, 1.165) is 28.6 Å². The predicted molar refractivity (Wildman–Crippen MR) is 132 cm³/mol. The number of carboxylic acids is 1. The summed E-state index contributed by atoms with van der Waals surface area (Å²) in [5, 5.41) is 8.49. The number of carboxylic acid groups (broad SMARTS) is 1. The second-order valence-corrected chi connectivity index (χ2v) is 10.3. The lowest BCUT2D eigenvalue weighted by Crippen LogP contribution is -2.35. The Kier molecular flexibility index (Phi) is 8.59. The molecule has 0 aliphatic carbocycles. The van der Waals surface area contributed by atoms with Gasteiger partial charge in [-0.05, 0) is 53.5 Å². The molecule has 0 aliphatic rings. The number of carbonyl (C=O) groups is 1. The minimum atomic E-state index is -4.67. The zero-order valence-corrected chi connectivity index (χ0v) is 20.8. The van der Waals surface area contributed by atoms with E-state index in [4.69, 9.17) is 9.84 Å². The van der Waals surface area contributed by atoms with Gasteiger partial charge in [0.05, 0.1) is 11.3 Å². The van der Waals surface area contributed by atoms with Crippen LogP contribution in [0.25, 0.3) is 6.08 Å². The third-order valence-electron chi connectivity index (χ3n) is 5.07. The first-order valence-electron chi connectivity index (χ1n) is 11.2. The van der Waals surface area contributed by atoms with Gasteiger partial charge in [0.15, 0.2) is 5.03 Å². The molecule has 0 radical (unpaired) electrons. The molecule has 1 N–H and O–H groups in total. The van der Waals surface area contributed by atoms with Gasteiger partial charge in [-0.25, -0.2) is 9.78 Å². The molecule has 0 amide bonds. The number of anilines is 1. The van der Waals surface area contributed by atoms with Crippen molar-refractivity contribution in [1.82, 2.24) is 4.98 Å². The van der Waals surface area contributed by atoms with Gasteiger partial charge in [0, 0.05) is 18.8 Å². The standard InChI is InChI=1S/C26H25F3N2O5S/c1-18(2)16-31(37(34,35)24-5-3-4-14-30-24)22-12-11-21(26(27,28)29)15-23(22)36-17-20-8-6-19(7-9-20)10-13-25(32)33/h3-15,18H,16-17H2,1-2H3,(H,32,33). The molecule has 196 valence electrons. The largest absolute Gasteiger partial charge is 0.487 e. The van der Waals surface area contributed by atoms with Crippen LogP contribution in [0.2, 0.25) is 0 Å². The number of ether oxygens (including phenoxy) is 1. The number of hydrogen-bond acceptors (Lipinski definition) is 5. The Balaban J connectivity index is 2.01. The number of nitrogens with zero attached hydrogens (tertiary/aromatic N) is 2. The summed E-state index contributed by atoms with van der Waals surface area (Å²) >= 11 is 0. The van der Waals surface area contributed by atoms with Crippen LogP contribution in [-0.2, 0) is 27.6 Å². The first-order chi connectivity index (χ1) is 17.4. The summed E-state index contributed by atoms with van der Waals surface area (Å²) in [7, 11) is -4.22. The highest BCUT2D eigenvalue weighted by molar-refractivity contribution is 7.92. The number of pyridine rings is 1. The smallest absolute Gasteiger partial charge is 0.416 e. The average Bonchev–Trinajstić information content (AvgIpc) is 2.85. The molecular weight excluding hydrogens is 509 g/mol. The Morgan fingerprint density at radius 2 is 1.81 bits per heavy atom. The molecule has 2 aromatic carbocycles. The molecule has 0 spiro atoms. The SMILES string of the molecule is CC(C)CN(c1ccc(C(F)(F)F)cc1OCc1ccc(C=CC(=O)O)cc1)S(=O)(=O)c1ccccn1. The highest BCUT2D eigenvalue weighted by atomic mass is 32.2. The van der Waals surface area contributed by atoms with E-state index in [1.807, 2.05) is 0 Å². The first kappa shape index (κ1) is 27.7. The van der Waals surface area contributed by atoms with Crippen LogP contribution < -0.4 is 9.04 Å². The molecule has 7 nitrogen and oxygen atoms in total. The molecule has 0 fully saturated rings. The third-order valence-corrected chi connectivity index (χ3v) is 6.77. The number of hydrogen-bond donors (Lipinski definition) is 1. The van der Waals surface area contributed by atoms with Crippen molar-refractivity contribution >= 4 is 27.8 Å². The van der Waals surface area contributed by atoms with Gasteiger partial charge in [0.25, 0.3) is 10.0 Å². The Labute approximate surface area is 212 Å². The minimum Gasteiger partial charge on any atom is -0.487 e. The van der Waals surface area contributed by atoms with Crippen LogP contribution in [0.3, 0.4) is 0 Å². The lowest BCUT2D eigenvalue weighted by Gasteiger charge is -2.28. The molecule has 0 aliphatic heterocycles. The van der Waals surface area contributed by atoms with Crippen molar-refractivity contribution in [2.24, 2.45) is 5.92 Å². The van der Waals surface area contributed by atoms with Gasteiger partial charge in [-0.3, -0.25) is 4.31 Å². The summed E-state index contributed by atoms with van der Waals surface area (Å²) in [6, 6.07) is 13.6. The van der Waals surface area contributed by atoms with Crippen molar-refractivity contribution in [3.8, 4) is 5.75 Å². The van der Waals surface area contributed by atoms with E-state index >= 15 is 0 Å². The Hall–Kier alpha value is -3.86. The molecular formula is C26H25F3N2O5S. The summed E-state index contributed by atoms with van der Waals surface area (Å²) in [5.74, 6) is -1.53. The average molecular weight is 535 g/mol. The third kappa shape index (κ3) is 7.32. The number of benzene rings is 2. The maximum atomic E-state index is 13.5. The van der Waals surface area contributed by atoms with E-state index in [0.29, 0.717) is 11.1 Å². The number of sulfonamides is 1. The van der Waals surface area contributed by atoms with Crippen LogP contribution >= 0.6 is 0 Å². The van der Waals surface area contributed by atoms with Crippen LogP contribution in [0.4, 0.5) is 18.9 Å². The van der Waals surface area contributed by atoms with Gasteiger partial charge in [-0.2, -0.15) is 21.6 Å². The van der Waals surface area contributed by atoms with Crippen LogP contribution in [0, 0.1) is 5.92 Å². The van der Waals surface area contributed by atoms with Gasteiger partial charge in [-0.1, -0.05) is 44.2 Å². The van der Waals surface area contributed by atoms with E-state index < -0.39 is 27.7 Å². The van der Waals surface area contributed by atoms with Crippen molar-refractivity contribution < 1.29 is 36.2 Å². The molecule has 37 heavy (non-hydrogen) atoms. The van der Waals surface area contributed by atoms with Gasteiger partial charge in [0.2, 0.25) is 0 Å². The number of aromatic nitrogens is 1. The maximum Gasteiger partial charge on any atom is 0.416 e. The van der Waals surface area contributed by atoms with Crippen molar-refractivity contribution in [2.45, 2.75) is 31.7 Å². The molecule has 0 saturated carbocycles. The fourth-order valence-corrected chi connectivity index (χ4v) is 4.91. The lowest BCUT2D eigenvalue weighted by molar-refractivity contribution is -0.137. The van der Waals surface area contributed by atoms with Crippen LogP contribution in [0.15, 0.2) is 78.0 Å². The first-order valence-corrected chi connectivity index (χ1v) is 12.6. The number of rotatable bonds is 10. The topological polar surface area (TPSA) is 96.8 Å². The minimum absolute atomic E-state index is 0.0226. The summed E-state index contributed by atoms with van der Waals surface area (Å²) in [4.78, 5) is 14.6. The normalized spacial score (nSPS) is 12.2. The van der Waals surface area contributed by atoms with E-state index in [1.54, 1.807) is 44.2 Å². The fraction of sp³-hybridized carbons (Fsp3) is 0.231. The highest BCUT2D eigenvalue weighted by Gasteiger charge is 2.34. The highest BCUT2D eigenvalue weighted by Crippen LogP contribution is 2.39. The molecule has 0 bridgehead atoms. The summed E-state index contributed by atoms with van der Waals surface area (Å²) in [6.45, 7) is 3.39. The lowest BCUT2D eigenvalue weighted by atomic mass is 10.1. The Morgan fingerprint density at radius 1 is 1.11 bits per heavy atom. The molecule has 0 unspecified atom stereocenters. The summed E-state index contributed by atoms with van der Waals surface area (Å²) < 4.78 is 74.2. The molecule has 3 aromatic rings. The van der Waals surface area contributed by atoms with Crippen molar-refractivity contribution in [3.63, 3.8) is 0 Å². The number of alkyl halides is 3. The second kappa shape index (κ2) is 11.5. The molecule has 0 atom stereocenters. The predicted octanol–water partition coefficient (Wildman–Crippen LogP) is 5.63. The van der Waals surface area contributed by atoms with E-state index in [9.17, 15) is 26.4 Å². The van der Waals surface area contributed by atoms with Crippen LogP contribution in [-0.4, -0.2) is 31.0 Å².